The maximum Gasteiger partial charge on any atom is 0.233 e. The molecule has 174 valence electrons. The van der Waals surface area contributed by atoms with Gasteiger partial charge in [0.05, 0.1) is 19.5 Å². The van der Waals surface area contributed by atoms with E-state index in [2.05, 4.69) is 26.1 Å². The molecule has 2 aromatic carbocycles. The lowest BCUT2D eigenvalue weighted by molar-refractivity contribution is -0.120. The number of anilines is 3. The molecule has 0 saturated carbocycles. The molecule has 1 unspecified atom stereocenters. The maximum atomic E-state index is 12.5. The number of nitrogens with zero attached hydrogens (tertiary/aromatic N) is 2. The van der Waals surface area contributed by atoms with E-state index in [1.165, 1.54) is 30.0 Å². The first-order valence-corrected chi connectivity index (χ1v) is 11.7. The van der Waals surface area contributed by atoms with Crippen LogP contribution in [0.3, 0.4) is 0 Å². The van der Waals surface area contributed by atoms with Crippen LogP contribution >= 0.6 is 23.1 Å². The van der Waals surface area contributed by atoms with Crippen LogP contribution in [0.1, 0.15) is 19.4 Å². The molecule has 2 amide bonds. The molecule has 0 aliphatic carbocycles. The Bertz CT molecular complexity index is 1120. The summed E-state index contributed by atoms with van der Waals surface area (Å²) in [6, 6.07) is 12.8. The first-order chi connectivity index (χ1) is 15.9. The highest BCUT2D eigenvalue weighted by atomic mass is 32.2. The molecular formula is C22H25N5O4S2. The molecule has 0 aliphatic rings. The van der Waals surface area contributed by atoms with Crippen LogP contribution in [0.5, 0.6) is 11.5 Å². The molecule has 3 aromatic rings. The van der Waals surface area contributed by atoms with Crippen molar-refractivity contribution in [1.29, 1.82) is 0 Å². The standard InChI is InChI=1S/C22H25N5O4S2/c1-13(20(29)23-12-15-8-9-18(30-3)19(10-15)31-4)32-22-27-26-21(33-22)25-17-7-5-6-16(11-17)24-14(2)28/h5-11,13H,12H2,1-4H3,(H,23,29)(H,24,28)(H,25,26). The van der Waals surface area contributed by atoms with E-state index in [0.717, 1.165) is 11.3 Å². The third kappa shape index (κ3) is 7.09. The van der Waals surface area contributed by atoms with E-state index in [-0.39, 0.29) is 17.1 Å². The molecule has 0 spiro atoms. The molecule has 1 aromatic heterocycles. The smallest absolute Gasteiger partial charge is 0.233 e. The van der Waals surface area contributed by atoms with E-state index in [0.29, 0.717) is 33.2 Å². The van der Waals surface area contributed by atoms with Gasteiger partial charge in [0, 0.05) is 24.8 Å². The monoisotopic (exact) mass is 487 g/mol. The molecule has 3 N–H and O–H groups in total. The zero-order valence-electron chi connectivity index (χ0n) is 18.7. The van der Waals surface area contributed by atoms with Gasteiger partial charge < -0.3 is 25.4 Å². The van der Waals surface area contributed by atoms with E-state index < -0.39 is 0 Å². The summed E-state index contributed by atoms with van der Waals surface area (Å²) < 4.78 is 11.2. The van der Waals surface area contributed by atoms with Crippen LogP contribution in [0, 0.1) is 0 Å². The fourth-order valence-electron chi connectivity index (χ4n) is 2.84. The van der Waals surface area contributed by atoms with Gasteiger partial charge in [0.15, 0.2) is 15.8 Å². The number of benzene rings is 2. The van der Waals surface area contributed by atoms with E-state index >= 15 is 0 Å². The van der Waals surface area contributed by atoms with Gasteiger partial charge in [0.2, 0.25) is 16.9 Å². The number of amides is 2. The van der Waals surface area contributed by atoms with Crippen molar-refractivity contribution >= 4 is 51.4 Å². The lowest BCUT2D eigenvalue weighted by Crippen LogP contribution is -2.30. The second-order valence-electron chi connectivity index (χ2n) is 6.93. The predicted octanol–water partition coefficient (Wildman–Crippen LogP) is 4.05. The molecule has 11 heteroatoms. The Balaban J connectivity index is 1.53. The first kappa shape index (κ1) is 24.3. The van der Waals surface area contributed by atoms with Crippen LogP contribution in [0.4, 0.5) is 16.5 Å². The number of hydrogen-bond acceptors (Lipinski definition) is 9. The SMILES string of the molecule is COc1ccc(CNC(=O)C(C)Sc2nnc(Nc3cccc(NC(C)=O)c3)s2)cc1OC. The molecule has 1 atom stereocenters. The Labute approximate surface area is 200 Å². The van der Waals surface area contributed by atoms with Crippen molar-refractivity contribution in [2.75, 3.05) is 24.9 Å². The van der Waals surface area contributed by atoms with Gasteiger partial charge in [-0.1, -0.05) is 35.2 Å². The van der Waals surface area contributed by atoms with Crippen LogP contribution in [-0.4, -0.2) is 41.5 Å². The van der Waals surface area contributed by atoms with Crippen molar-refractivity contribution in [3.8, 4) is 11.5 Å². The summed E-state index contributed by atoms with van der Waals surface area (Å²) in [6.07, 6.45) is 0. The molecule has 0 bridgehead atoms. The minimum atomic E-state index is -0.353. The van der Waals surface area contributed by atoms with E-state index in [1.807, 2.05) is 31.2 Å². The number of carbonyl (C=O) groups is 2. The summed E-state index contributed by atoms with van der Waals surface area (Å²) in [6.45, 7) is 3.65. The van der Waals surface area contributed by atoms with Crippen LogP contribution in [0.25, 0.3) is 0 Å². The molecule has 1 heterocycles. The van der Waals surface area contributed by atoms with E-state index in [9.17, 15) is 9.59 Å². The van der Waals surface area contributed by atoms with E-state index in [4.69, 9.17) is 9.47 Å². The first-order valence-electron chi connectivity index (χ1n) is 10.0. The topological polar surface area (TPSA) is 114 Å². The van der Waals surface area contributed by atoms with E-state index in [1.54, 1.807) is 32.4 Å². The fraction of sp³-hybridized carbons (Fsp3) is 0.273. The summed E-state index contributed by atoms with van der Waals surface area (Å²) >= 11 is 2.68. The third-order valence-electron chi connectivity index (χ3n) is 4.40. The Hall–Kier alpha value is -3.31. The zero-order chi connectivity index (χ0) is 23.8. The molecule has 3 rings (SSSR count). The fourth-order valence-corrected chi connectivity index (χ4v) is 4.78. The predicted molar refractivity (Wildman–Crippen MR) is 131 cm³/mol. The number of aromatic nitrogens is 2. The number of thioether (sulfide) groups is 1. The normalized spacial score (nSPS) is 11.4. The molecule has 0 aliphatic heterocycles. The Morgan fingerprint density at radius 3 is 2.55 bits per heavy atom. The van der Waals surface area contributed by atoms with Crippen molar-refractivity contribution in [3.05, 3.63) is 48.0 Å². The zero-order valence-corrected chi connectivity index (χ0v) is 20.3. The largest absolute Gasteiger partial charge is 0.493 e. The summed E-state index contributed by atoms with van der Waals surface area (Å²) in [7, 11) is 3.15. The highest BCUT2D eigenvalue weighted by Gasteiger charge is 2.17. The summed E-state index contributed by atoms with van der Waals surface area (Å²) in [5, 5.41) is 17.4. The summed E-state index contributed by atoms with van der Waals surface area (Å²) in [4.78, 5) is 23.8. The number of carbonyl (C=O) groups excluding carboxylic acids is 2. The van der Waals surface area contributed by atoms with Gasteiger partial charge >= 0.3 is 0 Å². The molecule has 0 radical (unpaired) electrons. The quantitative estimate of drug-likeness (QED) is 0.367. The molecular weight excluding hydrogens is 462 g/mol. The van der Waals surface area contributed by atoms with Crippen molar-refractivity contribution in [2.45, 2.75) is 30.0 Å². The number of ether oxygens (including phenoxy) is 2. The number of rotatable bonds is 10. The molecule has 33 heavy (non-hydrogen) atoms. The van der Waals surface area contributed by atoms with Gasteiger partial charge in [-0.05, 0) is 42.8 Å². The average molecular weight is 488 g/mol. The second-order valence-corrected chi connectivity index (χ2v) is 9.49. The average Bonchev–Trinajstić information content (AvgIpc) is 3.23. The van der Waals surface area contributed by atoms with Crippen molar-refractivity contribution in [2.24, 2.45) is 0 Å². The lowest BCUT2D eigenvalue weighted by Gasteiger charge is -2.12. The van der Waals surface area contributed by atoms with Gasteiger partial charge in [-0.15, -0.1) is 10.2 Å². The minimum absolute atomic E-state index is 0.109. The number of hydrogen-bond donors (Lipinski definition) is 3. The highest BCUT2D eigenvalue weighted by Crippen LogP contribution is 2.31. The van der Waals surface area contributed by atoms with Crippen LogP contribution in [0.2, 0.25) is 0 Å². The number of methoxy groups -OCH3 is 2. The Morgan fingerprint density at radius 1 is 1.06 bits per heavy atom. The van der Waals surface area contributed by atoms with Crippen molar-refractivity contribution in [1.82, 2.24) is 15.5 Å². The van der Waals surface area contributed by atoms with Gasteiger partial charge in [-0.3, -0.25) is 9.59 Å². The van der Waals surface area contributed by atoms with Gasteiger partial charge in [0.1, 0.15) is 0 Å². The second kappa shape index (κ2) is 11.5. The van der Waals surface area contributed by atoms with Crippen LogP contribution in [0.15, 0.2) is 46.8 Å². The Kier molecular flexibility index (Phi) is 8.50. The van der Waals surface area contributed by atoms with Crippen molar-refractivity contribution < 1.29 is 19.1 Å². The lowest BCUT2D eigenvalue weighted by atomic mass is 10.2. The summed E-state index contributed by atoms with van der Waals surface area (Å²) in [5.41, 5.74) is 2.36. The van der Waals surface area contributed by atoms with Gasteiger partial charge in [-0.25, -0.2) is 0 Å². The van der Waals surface area contributed by atoms with Gasteiger partial charge in [-0.2, -0.15) is 0 Å². The number of nitrogens with one attached hydrogen (secondary N) is 3. The third-order valence-corrected chi connectivity index (χ3v) is 6.43. The van der Waals surface area contributed by atoms with Crippen LogP contribution < -0.4 is 25.4 Å². The summed E-state index contributed by atoms with van der Waals surface area (Å²) in [5.74, 6) is 1.00. The van der Waals surface area contributed by atoms with Crippen LogP contribution in [-0.2, 0) is 16.1 Å². The van der Waals surface area contributed by atoms with Gasteiger partial charge in [0.25, 0.3) is 0 Å². The highest BCUT2D eigenvalue weighted by molar-refractivity contribution is 8.02. The maximum absolute atomic E-state index is 12.5. The Morgan fingerprint density at radius 2 is 1.82 bits per heavy atom. The van der Waals surface area contributed by atoms with Crippen molar-refractivity contribution in [3.63, 3.8) is 0 Å². The molecule has 9 nitrogen and oxygen atoms in total. The minimum Gasteiger partial charge on any atom is -0.493 e. The molecule has 0 saturated heterocycles. The molecule has 0 fully saturated rings.